The van der Waals surface area contributed by atoms with Gasteiger partial charge >= 0.3 is 6.01 Å². The summed E-state index contributed by atoms with van der Waals surface area (Å²) in [5.41, 5.74) is -1.76. The highest BCUT2D eigenvalue weighted by molar-refractivity contribution is 6.03. The summed E-state index contributed by atoms with van der Waals surface area (Å²) < 4.78 is 85.4. The van der Waals surface area contributed by atoms with Gasteiger partial charge in [0.15, 0.2) is 12.6 Å². The van der Waals surface area contributed by atoms with Crippen molar-refractivity contribution in [3.63, 3.8) is 0 Å². The molecule has 0 unspecified atom stereocenters. The molecule has 0 aliphatic carbocycles. The number of piperidine rings is 1. The average molecular weight is 699 g/mol. The first-order valence-electron chi connectivity index (χ1n) is 16.6. The van der Waals surface area contributed by atoms with Gasteiger partial charge in [0.05, 0.1) is 31.7 Å². The van der Waals surface area contributed by atoms with E-state index in [1.807, 2.05) is 14.0 Å². The Labute approximate surface area is 288 Å². The van der Waals surface area contributed by atoms with Crippen molar-refractivity contribution in [1.29, 1.82) is 0 Å². The number of fused-ring (bicyclic) bond motifs is 2. The molecule has 3 heterocycles. The molecule has 3 aromatic carbocycles. The summed E-state index contributed by atoms with van der Waals surface area (Å²) in [5.74, 6) is -2.06. The summed E-state index contributed by atoms with van der Waals surface area (Å²) in [6.45, 7) is 6.88. The molecule has 6 rings (SSSR count). The van der Waals surface area contributed by atoms with Gasteiger partial charge in [0, 0.05) is 37.5 Å². The molecule has 13 heteroatoms. The molecular formula is C37H42F4N4O5. The fourth-order valence-electron chi connectivity index (χ4n) is 7.08. The number of aryl methyl sites for hydroxylation is 1. The summed E-state index contributed by atoms with van der Waals surface area (Å²) in [7, 11) is 3.38. The van der Waals surface area contributed by atoms with Gasteiger partial charge < -0.3 is 33.9 Å². The largest absolute Gasteiger partial charge is 0.468 e. The highest BCUT2D eigenvalue weighted by atomic mass is 19.1. The number of β-amino-alcohol motifs (C(OH)–C–C–N with tert-alkyl or cyclic N) is 1. The summed E-state index contributed by atoms with van der Waals surface area (Å²) in [6, 6.07) is 6.91. The van der Waals surface area contributed by atoms with E-state index in [-0.39, 0.29) is 85.7 Å². The maximum atomic E-state index is 17.2. The molecule has 4 aromatic rings. The zero-order valence-corrected chi connectivity index (χ0v) is 28.9. The van der Waals surface area contributed by atoms with Crippen LogP contribution in [0.3, 0.4) is 0 Å². The van der Waals surface area contributed by atoms with Crippen LogP contribution >= 0.6 is 0 Å². The SMILES string of the molecule is CCc1c(F)ccc2cc(OCOC)cc(-c3c(F)cc4c(N5CCOC[C@@](C)(O)C5)nc(OC[C@]5(C)CN(C)CC/C5=C\F)nc4c3F)c12. The molecule has 1 N–H and O–H groups in total. The van der Waals surface area contributed by atoms with Crippen molar-refractivity contribution in [3.05, 3.63) is 65.2 Å². The van der Waals surface area contributed by atoms with Gasteiger partial charge in [-0.3, -0.25) is 0 Å². The minimum Gasteiger partial charge on any atom is -0.468 e. The number of aliphatic hydroxyl groups is 1. The number of hydrogen-bond acceptors (Lipinski definition) is 9. The Balaban J connectivity index is 1.57. The highest BCUT2D eigenvalue weighted by Gasteiger charge is 2.36. The Hall–Kier alpha value is -4.04. The molecule has 2 saturated heterocycles. The van der Waals surface area contributed by atoms with E-state index in [1.54, 1.807) is 24.8 Å². The van der Waals surface area contributed by atoms with Crippen LogP contribution in [0.1, 0.15) is 32.8 Å². The number of ether oxygens (including phenoxy) is 4. The molecule has 1 aromatic heterocycles. The molecule has 0 saturated carbocycles. The minimum atomic E-state index is -1.30. The number of hydrogen-bond donors (Lipinski definition) is 1. The van der Waals surface area contributed by atoms with Gasteiger partial charge in [0.2, 0.25) is 0 Å². The number of nitrogens with zero attached hydrogens (tertiary/aromatic N) is 4. The van der Waals surface area contributed by atoms with Gasteiger partial charge in [-0.15, -0.1) is 0 Å². The van der Waals surface area contributed by atoms with E-state index in [2.05, 4.69) is 14.9 Å². The van der Waals surface area contributed by atoms with E-state index < -0.39 is 34.0 Å². The van der Waals surface area contributed by atoms with Crippen LogP contribution in [0.2, 0.25) is 0 Å². The van der Waals surface area contributed by atoms with Crippen molar-refractivity contribution in [1.82, 2.24) is 14.9 Å². The molecule has 0 spiro atoms. The van der Waals surface area contributed by atoms with Crippen molar-refractivity contribution in [2.45, 2.75) is 39.2 Å². The van der Waals surface area contributed by atoms with Crippen molar-refractivity contribution in [3.8, 4) is 22.9 Å². The van der Waals surface area contributed by atoms with Gasteiger partial charge in [-0.05, 0) is 78.6 Å². The van der Waals surface area contributed by atoms with Gasteiger partial charge in [0.25, 0.3) is 0 Å². The summed E-state index contributed by atoms with van der Waals surface area (Å²) in [6.07, 6.45) is 1.38. The smallest absolute Gasteiger partial charge is 0.319 e. The molecular weight excluding hydrogens is 656 g/mol. The molecule has 0 bridgehead atoms. The van der Waals surface area contributed by atoms with E-state index >= 15 is 13.2 Å². The lowest BCUT2D eigenvalue weighted by molar-refractivity contribution is -0.0123. The quantitative estimate of drug-likeness (QED) is 0.154. The lowest BCUT2D eigenvalue weighted by Gasteiger charge is -2.40. The predicted octanol–water partition coefficient (Wildman–Crippen LogP) is 6.57. The van der Waals surface area contributed by atoms with Gasteiger partial charge in [-0.2, -0.15) is 9.97 Å². The number of anilines is 1. The first-order chi connectivity index (χ1) is 23.9. The number of methoxy groups -OCH3 is 1. The first kappa shape index (κ1) is 35.8. The average Bonchev–Trinajstić information content (AvgIpc) is 3.26. The molecule has 0 amide bonds. The van der Waals surface area contributed by atoms with Crippen molar-refractivity contribution in [2.75, 3.05) is 71.8 Å². The van der Waals surface area contributed by atoms with E-state index in [1.165, 1.54) is 25.3 Å². The maximum absolute atomic E-state index is 17.2. The summed E-state index contributed by atoms with van der Waals surface area (Å²) >= 11 is 0. The van der Waals surface area contributed by atoms with Crippen LogP contribution < -0.4 is 14.4 Å². The molecule has 9 nitrogen and oxygen atoms in total. The number of halogens is 4. The maximum Gasteiger partial charge on any atom is 0.319 e. The third-order valence-corrected chi connectivity index (χ3v) is 9.51. The van der Waals surface area contributed by atoms with E-state index in [4.69, 9.17) is 18.9 Å². The first-order valence-corrected chi connectivity index (χ1v) is 16.6. The zero-order valence-electron chi connectivity index (χ0n) is 28.9. The summed E-state index contributed by atoms with van der Waals surface area (Å²) in [5, 5.41) is 11.9. The lowest BCUT2D eigenvalue weighted by Crippen LogP contribution is -2.44. The van der Waals surface area contributed by atoms with Crippen LogP contribution in [-0.2, 0) is 15.9 Å². The van der Waals surface area contributed by atoms with E-state index in [0.717, 1.165) is 6.07 Å². The Bertz CT molecular complexity index is 1940. The minimum absolute atomic E-state index is 0.0167. The Kier molecular flexibility index (Phi) is 10.2. The molecule has 2 atom stereocenters. The predicted molar refractivity (Wildman–Crippen MR) is 183 cm³/mol. The normalized spacial score (nSPS) is 22.8. The van der Waals surface area contributed by atoms with Crippen LogP contribution in [0.5, 0.6) is 11.8 Å². The molecule has 50 heavy (non-hydrogen) atoms. The number of benzene rings is 3. The van der Waals surface area contributed by atoms with Gasteiger partial charge in [-0.25, -0.2) is 17.6 Å². The fraction of sp³-hybridized carbons (Fsp3) is 0.459. The third kappa shape index (κ3) is 6.96. The standard InChI is InChI=1S/C37H42F4N4O5/c1-6-25-28(39)8-7-22-13-24(50-21-47-5)14-26(30(22)25)31-29(40)15-27-33(32(31)41)42-35(43-34(27)45-11-12-48-20-37(3,46)18-45)49-19-36(2)17-44(4)10-9-23(36)16-38/h7-8,13-16,46H,6,9-12,17-21H2,1-5H3/b23-16+/t36-,37-/m0/s1. The van der Waals surface area contributed by atoms with Crippen LogP contribution in [0.4, 0.5) is 23.4 Å². The fourth-order valence-corrected chi connectivity index (χ4v) is 7.08. The van der Waals surface area contributed by atoms with Crippen LogP contribution in [-0.4, -0.2) is 92.5 Å². The Morgan fingerprint density at radius 3 is 2.58 bits per heavy atom. The number of rotatable bonds is 9. The van der Waals surface area contributed by atoms with Gasteiger partial charge in [-0.1, -0.05) is 19.9 Å². The van der Waals surface area contributed by atoms with Crippen LogP contribution in [0.25, 0.3) is 32.8 Å². The van der Waals surface area contributed by atoms with Crippen molar-refractivity contribution >= 4 is 27.5 Å². The van der Waals surface area contributed by atoms with Crippen LogP contribution in [0, 0.1) is 22.9 Å². The van der Waals surface area contributed by atoms with Crippen molar-refractivity contribution < 1.29 is 41.6 Å². The second kappa shape index (κ2) is 14.3. The third-order valence-electron chi connectivity index (χ3n) is 9.51. The second-order valence-electron chi connectivity index (χ2n) is 13.7. The van der Waals surface area contributed by atoms with Gasteiger partial charge in [0.1, 0.15) is 40.9 Å². The van der Waals surface area contributed by atoms with E-state index in [9.17, 15) is 9.50 Å². The summed E-state index contributed by atoms with van der Waals surface area (Å²) in [4.78, 5) is 12.8. The Morgan fingerprint density at radius 1 is 1.04 bits per heavy atom. The zero-order chi connectivity index (χ0) is 35.8. The molecule has 2 aliphatic rings. The number of likely N-dealkylation sites (tertiary alicyclic amines) is 1. The lowest BCUT2D eigenvalue weighted by atomic mass is 9.78. The van der Waals surface area contributed by atoms with Crippen molar-refractivity contribution in [2.24, 2.45) is 5.41 Å². The van der Waals surface area contributed by atoms with E-state index in [0.29, 0.717) is 42.2 Å². The molecule has 2 fully saturated rings. The second-order valence-corrected chi connectivity index (χ2v) is 13.7. The molecule has 268 valence electrons. The topological polar surface area (TPSA) is 89.4 Å². The monoisotopic (exact) mass is 698 g/mol. The van der Waals surface area contributed by atoms with Crippen LogP contribution in [0.15, 0.2) is 42.2 Å². The molecule has 0 radical (unpaired) electrons. The highest BCUT2D eigenvalue weighted by Crippen LogP contribution is 2.42. The Morgan fingerprint density at radius 2 is 1.84 bits per heavy atom. The molecule has 2 aliphatic heterocycles. The number of aromatic nitrogens is 2.